The van der Waals surface area contributed by atoms with E-state index >= 15 is 0 Å². The molecule has 0 spiro atoms. The summed E-state index contributed by atoms with van der Waals surface area (Å²) in [5.41, 5.74) is 2.23. The molecule has 1 fully saturated rings. The van der Waals surface area contributed by atoms with Gasteiger partial charge in [-0.25, -0.2) is 13.1 Å². The molecule has 1 saturated heterocycles. The van der Waals surface area contributed by atoms with E-state index in [9.17, 15) is 8.42 Å². The van der Waals surface area contributed by atoms with Crippen molar-refractivity contribution >= 4 is 15.7 Å². The van der Waals surface area contributed by atoms with E-state index in [1.807, 2.05) is 19.0 Å². The lowest BCUT2D eigenvalue weighted by molar-refractivity contribution is -0.937. The van der Waals surface area contributed by atoms with Crippen molar-refractivity contribution in [2.75, 3.05) is 57.6 Å². The average Bonchev–Trinajstić information content (AvgIpc) is 2.56. The van der Waals surface area contributed by atoms with Crippen molar-refractivity contribution in [3.63, 3.8) is 0 Å². The van der Waals surface area contributed by atoms with E-state index < -0.39 is 10.0 Å². The predicted molar refractivity (Wildman–Crippen MR) is 95.6 cm³/mol. The number of rotatable bonds is 7. The molecule has 0 saturated carbocycles. The van der Waals surface area contributed by atoms with Gasteiger partial charge in [0.25, 0.3) is 0 Å². The van der Waals surface area contributed by atoms with Crippen LogP contribution in [0.3, 0.4) is 0 Å². The largest absolute Gasteiger partial charge is 0.378 e. The first-order valence-corrected chi connectivity index (χ1v) is 9.68. The molecule has 0 unspecified atom stereocenters. The Hall–Kier alpha value is -1.59. The summed E-state index contributed by atoms with van der Waals surface area (Å²) in [4.78, 5) is 3.36. The van der Waals surface area contributed by atoms with Crippen molar-refractivity contribution < 1.29 is 18.1 Å². The molecule has 1 atom stereocenters. The van der Waals surface area contributed by atoms with Gasteiger partial charge in [0.2, 0.25) is 10.0 Å². The van der Waals surface area contributed by atoms with Crippen LogP contribution in [-0.2, 0) is 14.8 Å². The number of nitrogens with zero attached hydrogens (tertiary/aromatic N) is 1. The number of morpholine rings is 1. The Morgan fingerprint density at radius 1 is 1.29 bits per heavy atom. The maximum Gasteiger partial charge on any atom is 0.223 e. The number of anilines is 1. The van der Waals surface area contributed by atoms with Crippen LogP contribution in [0.2, 0.25) is 0 Å². The Morgan fingerprint density at radius 2 is 1.92 bits per heavy atom. The first-order valence-electron chi connectivity index (χ1n) is 8.03. The second-order valence-corrected chi connectivity index (χ2v) is 7.93. The minimum absolute atomic E-state index is 0.0395. The van der Waals surface area contributed by atoms with E-state index in [-0.39, 0.29) is 11.8 Å². The van der Waals surface area contributed by atoms with E-state index in [2.05, 4.69) is 34.9 Å². The van der Waals surface area contributed by atoms with E-state index in [1.165, 1.54) is 4.90 Å². The number of sulfonamides is 1. The van der Waals surface area contributed by atoms with Crippen molar-refractivity contribution in [3.8, 4) is 12.3 Å². The molecule has 1 aliphatic rings. The molecule has 2 N–H and O–H groups in total. The van der Waals surface area contributed by atoms with E-state index in [1.54, 1.807) is 0 Å². The topological polar surface area (TPSA) is 63.1 Å². The van der Waals surface area contributed by atoms with Crippen molar-refractivity contribution in [1.82, 2.24) is 4.72 Å². The normalized spacial score (nSPS) is 17.2. The smallest absolute Gasteiger partial charge is 0.223 e. The van der Waals surface area contributed by atoms with Gasteiger partial charge in [0.05, 0.1) is 19.8 Å². The van der Waals surface area contributed by atoms with Crippen LogP contribution in [0.4, 0.5) is 5.69 Å². The fraction of sp³-hybridized carbons (Fsp3) is 0.529. The van der Waals surface area contributed by atoms with E-state index in [0.717, 1.165) is 24.3 Å². The molecule has 1 aliphatic heterocycles. The fourth-order valence-corrected chi connectivity index (χ4v) is 3.60. The van der Waals surface area contributed by atoms with Gasteiger partial charge < -0.3 is 14.5 Å². The number of terminal acetylenes is 1. The van der Waals surface area contributed by atoms with Crippen LogP contribution < -0.4 is 14.5 Å². The number of ether oxygens (including phenoxy) is 1. The highest BCUT2D eigenvalue weighted by Gasteiger charge is 2.27. The Morgan fingerprint density at radius 3 is 2.46 bits per heavy atom. The number of benzene rings is 1. The first-order chi connectivity index (χ1) is 11.4. The van der Waals surface area contributed by atoms with Crippen LogP contribution in [-0.4, -0.2) is 61.1 Å². The summed E-state index contributed by atoms with van der Waals surface area (Å²) in [7, 11) is 0.554. The summed E-state index contributed by atoms with van der Waals surface area (Å²) in [5.74, 6) is 1.89. The third-order valence-electron chi connectivity index (χ3n) is 4.22. The number of hydrogen-bond acceptors (Lipinski definition) is 4. The standard InChI is InChI=1S/C17H25N3O3S/c1-4-13-24(21,22)18-14-17(20-9-11-23-12-10-20)15-5-7-16(8-6-15)19(2)3/h1,5-8,17-18H,9-14H2,2-3H3/p+1/t17-/m0/s1. The molecule has 0 amide bonds. The van der Waals surface area contributed by atoms with Crippen LogP contribution >= 0.6 is 0 Å². The monoisotopic (exact) mass is 352 g/mol. The summed E-state index contributed by atoms with van der Waals surface area (Å²) >= 11 is 0. The van der Waals surface area contributed by atoms with Gasteiger partial charge in [0.1, 0.15) is 24.9 Å². The highest BCUT2D eigenvalue weighted by atomic mass is 32.2. The van der Waals surface area contributed by atoms with Crippen LogP contribution in [0.25, 0.3) is 0 Å². The van der Waals surface area contributed by atoms with Gasteiger partial charge in [0, 0.05) is 25.3 Å². The minimum atomic E-state index is -3.43. The average molecular weight is 352 g/mol. The van der Waals surface area contributed by atoms with Crippen molar-refractivity contribution in [1.29, 1.82) is 0 Å². The molecule has 0 aromatic heterocycles. The lowest BCUT2D eigenvalue weighted by atomic mass is 10.0. The first kappa shape index (κ1) is 18.7. The van der Waals surface area contributed by atoms with Gasteiger partial charge in [-0.3, -0.25) is 0 Å². The minimum Gasteiger partial charge on any atom is -0.378 e. The summed E-state index contributed by atoms with van der Waals surface area (Å²) in [6, 6.07) is 8.28. The van der Waals surface area contributed by atoms with E-state index in [0.29, 0.717) is 19.8 Å². The van der Waals surface area contributed by atoms with Gasteiger partial charge in [-0.1, -0.05) is 18.1 Å². The van der Waals surface area contributed by atoms with Crippen molar-refractivity contribution in [2.45, 2.75) is 6.04 Å². The zero-order valence-electron chi connectivity index (χ0n) is 14.3. The van der Waals surface area contributed by atoms with Gasteiger partial charge in [-0.05, 0) is 12.1 Å². The SMILES string of the molecule is C#CCS(=O)(=O)NC[C@@H](c1ccc(N(C)C)cc1)[NH+]1CCOCC1. The van der Waals surface area contributed by atoms with Crippen LogP contribution in [0.1, 0.15) is 11.6 Å². The number of quaternary nitrogens is 1. The molecule has 0 bridgehead atoms. The summed E-state index contributed by atoms with van der Waals surface area (Å²) in [5, 5.41) is 0. The zero-order chi connectivity index (χ0) is 17.6. The highest BCUT2D eigenvalue weighted by molar-refractivity contribution is 7.89. The molecule has 0 aliphatic carbocycles. The molecule has 24 heavy (non-hydrogen) atoms. The highest BCUT2D eigenvalue weighted by Crippen LogP contribution is 2.16. The predicted octanol–water partition coefficient (Wildman–Crippen LogP) is -0.739. The fourth-order valence-electron chi connectivity index (χ4n) is 2.86. The number of hydrogen-bond donors (Lipinski definition) is 2. The van der Waals surface area contributed by atoms with Crippen molar-refractivity contribution in [2.24, 2.45) is 0 Å². The summed E-state index contributed by atoms with van der Waals surface area (Å²) in [6.45, 7) is 3.44. The second kappa shape index (κ2) is 8.49. The summed E-state index contributed by atoms with van der Waals surface area (Å²) < 4.78 is 31.9. The van der Waals surface area contributed by atoms with Gasteiger partial charge in [-0.2, -0.15) is 0 Å². The zero-order valence-corrected chi connectivity index (χ0v) is 15.1. The molecule has 2 rings (SSSR count). The van der Waals surface area contributed by atoms with Crippen LogP contribution in [0.15, 0.2) is 24.3 Å². The molecule has 0 radical (unpaired) electrons. The Balaban J connectivity index is 2.17. The lowest BCUT2D eigenvalue weighted by Gasteiger charge is -2.32. The summed E-state index contributed by atoms with van der Waals surface area (Å²) in [6.07, 6.45) is 5.12. The molecule has 7 heteroatoms. The Labute approximate surface area is 144 Å². The quantitative estimate of drug-likeness (QED) is 0.635. The molecule has 1 aromatic carbocycles. The Bertz CT molecular complexity index is 659. The molecule has 1 heterocycles. The van der Waals surface area contributed by atoms with E-state index in [4.69, 9.17) is 11.2 Å². The van der Waals surface area contributed by atoms with Gasteiger partial charge >= 0.3 is 0 Å². The third kappa shape index (κ3) is 5.21. The van der Waals surface area contributed by atoms with Gasteiger partial charge in [0.15, 0.2) is 0 Å². The number of nitrogens with one attached hydrogen (secondary N) is 2. The molecular weight excluding hydrogens is 326 g/mol. The Kier molecular flexibility index (Phi) is 6.63. The molecule has 132 valence electrons. The molecular formula is C17H26N3O3S+. The van der Waals surface area contributed by atoms with Gasteiger partial charge in [-0.15, -0.1) is 6.42 Å². The van der Waals surface area contributed by atoms with Crippen molar-refractivity contribution in [3.05, 3.63) is 29.8 Å². The maximum absolute atomic E-state index is 11.9. The lowest BCUT2D eigenvalue weighted by Crippen LogP contribution is -3.15. The molecule has 1 aromatic rings. The third-order valence-corrected chi connectivity index (χ3v) is 5.37. The maximum atomic E-state index is 11.9. The van der Waals surface area contributed by atoms with Crippen LogP contribution in [0.5, 0.6) is 0 Å². The van der Waals surface area contributed by atoms with Crippen LogP contribution in [0, 0.1) is 12.3 Å². The second-order valence-electron chi connectivity index (χ2n) is 6.12. The molecule has 6 nitrogen and oxygen atoms in total.